The SMILES string of the molecule is COCC(CC#N)n1cc(-c2cccc3nc(NC(=O)C4CC4)cn23)cn1. The molecule has 1 fully saturated rings. The molecule has 8 nitrogen and oxygen atoms in total. The van der Waals surface area contributed by atoms with Crippen LogP contribution in [0.3, 0.4) is 0 Å². The first kappa shape index (κ1) is 17.2. The highest BCUT2D eigenvalue weighted by molar-refractivity contribution is 5.93. The Morgan fingerprint density at radius 2 is 2.30 bits per heavy atom. The first-order valence-electron chi connectivity index (χ1n) is 8.89. The Balaban J connectivity index is 1.64. The Bertz CT molecular complexity index is 1010. The highest BCUT2D eigenvalue weighted by Crippen LogP contribution is 2.30. The van der Waals surface area contributed by atoms with Gasteiger partial charge in [0.05, 0.1) is 43.2 Å². The van der Waals surface area contributed by atoms with Crippen LogP contribution in [0.1, 0.15) is 25.3 Å². The van der Waals surface area contributed by atoms with Crippen molar-refractivity contribution in [3.63, 3.8) is 0 Å². The molecule has 1 saturated carbocycles. The summed E-state index contributed by atoms with van der Waals surface area (Å²) in [6.07, 6.45) is 7.71. The molecule has 1 N–H and O–H groups in total. The number of hydrogen-bond acceptors (Lipinski definition) is 5. The maximum absolute atomic E-state index is 12.0. The van der Waals surface area contributed by atoms with Gasteiger partial charge in [0.2, 0.25) is 5.91 Å². The van der Waals surface area contributed by atoms with Crippen LogP contribution in [0.2, 0.25) is 0 Å². The number of anilines is 1. The number of carbonyl (C=O) groups excluding carboxylic acids is 1. The summed E-state index contributed by atoms with van der Waals surface area (Å²) in [5.41, 5.74) is 2.56. The van der Waals surface area contributed by atoms with Crippen molar-refractivity contribution in [1.29, 1.82) is 5.26 Å². The van der Waals surface area contributed by atoms with E-state index in [4.69, 9.17) is 10.00 Å². The Morgan fingerprint density at radius 3 is 3.04 bits per heavy atom. The number of carbonyl (C=O) groups is 1. The fourth-order valence-corrected chi connectivity index (χ4v) is 3.08. The molecule has 4 rings (SSSR count). The summed E-state index contributed by atoms with van der Waals surface area (Å²) in [7, 11) is 1.61. The van der Waals surface area contributed by atoms with E-state index in [-0.39, 0.29) is 17.9 Å². The lowest BCUT2D eigenvalue weighted by atomic mass is 10.2. The fourth-order valence-electron chi connectivity index (χ4n) is 3.08. The number of rotatable bonds is 7. The zero-order chi connectivity index (χ0) is 18.8. The number of amides is 1. The minimum absolute atomic E-state index is 0.0340. The minimum atomic E-state index is -0.135. The van der Waals surface area contributed by atoms with E-state index in [0.29, 0.717) is 18.8 Å². The summed E-state index contributed by atoms with van der Waals surface area (Å²) in [6, 6.07) is 7.82. The van der Waals surface area contributed by atoms with Crippen molar-refractivity contribution < 1.29 is 9.53 Å². The fraction of sp³-hybridized carbons (Fsp3) is 0.368. The summed E-state index contributed by atoms with van der Waals surface area (Å²) in [5, 5.41) is 16.3. The molecule has 0 radical (unpaired) electrons. The third-order valence-electron chi connectivity index (χ3n) is 4.65. The molecule has 0 spiro atoms. The van der Waals surface area contributed by atoms with Crippen molar-refractivity contribution in [2.45, 2.75) is 25.3 Å². The predicted octanol–water partition coefficient (Wildman–Crippen LogP) is 2.65. The summed E-state index contributed by atoms with van der Waals surface area (Å²) in [4.78, 5) is 16.5. The quantitative estimate of drug-likeness (QED) is 0.695. The van der Waals surface area contributed by atoms with E-state index in [1.807, 2.05) is 35.0 Å². The second-order valence-electron chi connectivity index (χ2n) is 6.71. The first-order valence-corrected chi connectivity index (χ1v) is 8.89. The molecule has 1 unspecified atom stereocenters. The zero-order valence-corrected chi connectivity index (χ0v) is 15.0. The summed E-state index contributed by atoms with van der Waals surface area (Å²) in [6.45, 7) is 0.418. The van der Waals surface area contributed by atoms with Gasteiger partial charge in [0.25, 0.3) is 0 Å². The monoisotopic (exact) mass is 364 g/mol. The van der Waals surface area contributed by atoms with Gasteiger partial charge in [-0.2, -0.15) is 10.4 Å². The largest absolute Gasteiger partial charge is 0.382 e. The summed E-state index contributed by atoms with van der Waals surface area (Å²) in [5.74, 6) is 0.713. The number of pyridine rings is 1. The number of fused-ring (bicyclic) bond motifs is 1. The van der Waals surface area contributed by atoms with Crippen molar-refractivity contribution >= 4 is 17.4 Å². The van der Waals surface area contributed by atoms with Gasteiger partial charge < -0.3 is 10.1 Å². The van der Waals surface area contributed by atoms with Gasteiger partial charge in [0, 0.05) is 24.8 Å². The van der Waals surface area contributed by atoms with Crippen LogP contribution >= 0.6 is 0 Å². The Hall–Kier alpha value is -3.18. The van der Waals surface area contributed by atoms with Gasteiger partial charge in [0.15, 0.2) is 5.82 Å². The lowest BCUT2D eigenvalue weighted by Gasteiger charge is -2.12. The smallest absolute Gasteiger partial charge is 0.228 e. The van der Waals surface area contributed by atoms with E-state index in [2.05, 4.69) is 21.5 Å². The van der Waals surface area contributed by atoms with Gasteiger partial charge in [-0.05, 0) is 25.0 Å². The number of methoxy groups -OCH3 is 1. The molecular weight excluding hydrogens is 344 g/mol. The van der Waals surface area contributed by atoms with E-state index >= 15 is 0 Å². The van der Waals surface area contributed by atoms with Crippen LogP contribution in [0, 0.1) is 17.2 Å². The second kappa shape index (κ2) is 7.21. The van der Waals surface area contributed by atoms with E-state index in [0.717, 1.165) is 29.7 Å². The third-order valence-corrected chi connectivity index (χ3v) is 4.65. The molecule has 3 heterocycles. The van der Waals surface area contributed by atoms with E-state index in [1.165, 1.54) is 0 Å². The van der Waals surface area contributed by atoms with Crippen LogP contribution in [-0.2, 0) is 9.53 Å². The maximum atomic E-state index is 12.0. The average Bonchev–Trinajstić information content (AvgIpc) is 3.26. The predicted molar refractivity (Wildman–Crippen MR) is 98.9 cm³/mol. The number of hydrogen-bond donors (Lipinski definition) is 1. The van der Waals surface area contributed by atoms with E-state index in [9.17, 15) is 4.79 Å². The number of imidazole rings is 1. The standard InChI is InChI=1S/C19H20N6O2/c1-27-12-15(7-8-20)25-10-14(9-21-25)16-3-2-4-18-22-17(11-24(16)18)23-19(26)13-5-6-13/h2-4,9-11,13,15H,5-7,12H2,1H3,(H,23,26). The molecule has 3 aromatic rings. The number of nitrogens with one attached hydrogen (secondary N) is 1. The molecule has 27 heavy (non-hydrogen) atoms. The average molecular weight is 364 g/mol. The normalized spacial score (nSPS) is 14.8. The zero-order valence-electron chi connectivity index (χ0n) is 15.0. The van der Waals surface area contributed by atoms with Gasteiger partial charge >= 0.3 is 0 Å². The van der Waals surface area contributed by atoms with Crippen molar-refractivity contribution in [3.05, 3.63) is 36.8 Å². The van der Waals surface area contributed by atoms with Gasteiger partial charge in [-0.15, -0.1) is 0 Å². The van der Waals surface area contributed by atoms with Crippen LogP contribution in [0.4, 0.5) is 5.82 Å². The van der Waals surface area contributed by atoms with Crippen molar-refractivity contribution in [3.8, 4) is 17.3 Å². The number of nitrogens with zero attached hydrogens (tertiary/aromatic N) is 5. The van der Waals surface area contributed by atoms with Crippen LogP contribution in [0.5, 0.6) is 0 Å². The maximum Gasteiger partial charge on any atom is 0.228 e. The molecule has 1 atom stereocenters. The molecule has 1 aliphatic carbocycles. The highest BCUT2D eigenvalue weighted by atomic mass is 16.5. The third kappa shape index (κ3) is 3.55. The summed E-state index contributed by atoms with van der Waals surface area (Å²) >= 11 is 0. The van der Waals surface area contributed by atoms with Crippen molar-refractivity contribution in [2.24, 2.45) is 5.92 Å². The van der Waals surface area contributed by atoms with Crippen LogP contribution < -0.4 is 5.32 Å². The van der Waals surface area contributed by atoms with Crippen molar-refractivity contribution in [2.75, 3.05) is 19.0 Å². The molecule has 1 aliphatic rings. The molecule has 0 saturated heterocycles. The van der Waals surface area contributed by atoms with Gasteiger partial charge in [-0.3, -0.25) is 13.9 Å². The topological polar surface area (TPSA) is 97.2 Å². The van der Waals surface area contributed by atoms with Crippen LogP contribution in [-0.4, -0.2) is 38.8 Å². The molecule has 0 bridgehead atoms. The van der Waals surface area contributed by atoms with Crippen molar-refractivity contribution in [1.82, 2.24) is 19.2 Å². The minimum Gasteiger partial charge on any atom is -0.382 e. The lowest BCUT2D eigenvalue weighted by Crippen LogP contribution is -2.14. The Kier molecular flexibility index (Phi) is 4.60. The number of aromatic nitrogens is 4. The number of ether oxygens (including phenoxy) is 1. The molecule has 8 heteroatoms. The van der Waals surface area contributed by atoms with Gasteiger partial charge in [-0.25, -0.2) is 4.98 Å². The molecule has 138 valence electrons. The Morgan fingerprint density at radius 1 is 1.44 bits per heavy atom. The lowest BCUT2D eigenvalue weighted by molar-refractivity contribution is -0.117. The van der Waals surface area contributed by atoms with Gasteiger partial charge in [0.1, 0.15) is 5.65 Å². The van der Waals surface area contributed by atoms with Gasteiger partial charge in [-0.1, -0.05) is 6.07 Å². The molecule has 0 aromatic carbocycles. The molecule has 1 amide bonds. The number of nitriles is 1. The molecule has 0 aliphatic heterocycles. The van der Waals surface area contributed by atoms with E-state index in [1.54, 1.807) is 18.0 Å². The highest BCUT2D eigenvalue weighted by Gasteiger charge is 2.30. The molecular formula is C19H20N6O2. The first-order chi connectivity index (χ1) is 13.2. The Labute approximate surface area is 156 Å². The van der Waals surface area contributed by atoms with Crippen LogP contribution in [0.15, 0.2) is 36.8 Å². The summed E-state index contributed by atoms with van der Waals surface area (Å²) < 4.78 is 8.88. The van der Waals surface area contributed by atoms with E-state index < -0.39 is 0 Å². The van der Waals surface area contributed by atoms with Crippen LogP contribution in [0.25, 0.3) is 16.9 Å². The molecule has 3 aromatic heterocycles. The second-order valence-corrected chi connectivity index (χ2v) is 6.71.